The highest BCUT2D eigenvalue weighted by molar-refractivity contribution is 5.84. The molecule has 0 spiro atoms. The molecule has 1 atom stereocenters. The predicted octanol–water partition coefficient (Wildman–Crippen LogP) is 1.04. The SMILES string of the molecule is COc1ccc(CCNC(=NCC(=O)N(C)C)NCC2CCCO2)cc1. The first-order valence-electron chi connectivity index (χ1n) is 9.05. The number of nitrogens with zero attached hydrogens (tertiary/aromatic N) is 2. The van der Waals surface area contributed by atoms with Crippen LogP contribution in [0.3, 0.4) is 0 Å². The topological polar surface area (TPSA) is 75.2 Å². The summed E-state index contributed by atoms with van der Waals surface area (Å²) >= 11 is 0. The summed E-state index contributed by atoms with van der Waals surface area (Å²) in [6.45, 7) is 2.36. The van der Waals surface area contributed by atoms with Gasteiger partial charge in [-0.15, -0.1) is 0 Å². The number of carbonyl (C=O) groups is 1. The van der Waals surface area contributed by atoms with Gasteiger partial charge in [0.15, 0.2) is 5.96 Å². The predicted molar refractivity (Wildman–Crippen MR) is 103 cm³/mol. The quantitative estimate of drug-likeness (QED) is 0.534. The molecule has 0 aromatic heterocycles. The summed E-state index contributed by atoms with van der Waals surface area (Å²) in [5, 5.41) is 6.58. The van der Waals surface area contributed by atoms with E-state index in [2.05, 4.69) is 15.6 Å². The fourth-order valence-corrected chi connectivity index (χ4v) is 2.60. The number of methoxy groups -OCH3 is 1. The van der Waals surface area contributed by atoms with Crippen LogP contribution in [0.5, 0.6) is 5.75 Å². The van der Waals surface area contributed by atoms with Crippen molar-refractivity contribution in [3.8, 4) is 5.75 Å². The van der Waals surface area contributed by atoms with Gasteiger partial charge in [0.2, 0.25) is 5.91 Å². The normalized spacial score (nSPS) is 17.0. The van der Waals surface area contributed by atoms with E-state index < -0.39 is 0 Å². The summed E-state index contributed by atoms with van der Waals surface area (Å²) in [7, 11) is 5.12. The number of hydrogen-bond acceptors (Lipinski definition) is 4. The Bertz CT molecular complexity index is 581. The Balaban J connectivity index is 1.84. The van der Waals surface area contributed by atoms with Gasteiger partial charge in [-0.3, -0.25) is 4.79 Å². The van der Waals surface area contributed by atoms with E-state index in [9.17, 15) is 4.79 Å². The van der Waals surface area contributed by atoms with Crippen LogP contribution in [0.1, 0.15) is 18.4 Å². The van der Waals surface area contributed by atoms with Crippen molar-refractivity contribution in [2.75, 3.05) is 47.4 Å². The fraction of sp³-hybridized carbons (Fsp3) is 0.579. The van der Waals surface area contributed by atoms with E-state index in [0.717, 1.165) is 38.2 Å². The van der Waals surface area contributed by atoms with E-state index in [1.807, 2.05) is 24.3 Å². The molecule has 0 radical (unpaired) electrons. The van der Waals surface area contributed by atoms with Crippen molar-refractivity contribution in [2.24, 2.45) is 4.99 Å². The Hall–Kier alpha value is -2.28. The molecule has 7 nitrogen and oxygen atoms in total. The third kappa shape index (κ3) is 6.92. The Morgan fingerprint density at radius 3 is 2.69 bits per heavy atom. The smallest absolute Gasteiger partial charge is 0.243 e. The van der Waals surface area contributed by atoms with Crippen molar-refractivity contribution in [3.05, 3.63) is 29.8 Å². The molecule has 1 aliphatic heterocycles. The molecule has 0 aliphatic carbocycles. The van der Waals surface area contributed by atoms with Crippen LogP contribution in [0.2, 0.25) is 0 Å². The van der Waals surface area contributed by atoms with Crippen molar-refractivity contribution in [1.29, 1.82) is 0 Å². The second-order valence-electron chi connectivity index (χ2n) is 6.49. The molecule has 1 amide bonds. The molecule has 1 saturated heterocycles. The van der Waals surface area contributed by atoms with Gasteiger partial charge < -0.3 is 25.0 Å². The van der Waals surface area contributed by atoms with Gasteiger partial charge in [0.25, 0.3) is 0 Å². The minimum absolute atomic E-state index is 0.0293. The average Bonchev–Trinajstić information content (AvgIpc) is 3.17. The van der Waals surface area contributed by atoms with E-state index in [1.54, 1.807) is 26.1 Å². The molecule has 144 valence electrons. The van der Waals surface area contributed by atoms with Gasteiger partial charge in [0, 0.05) is 33.8 Å². The number of hydrogen-bond donors (Lipinski definition) is 2. The van der Waals surface area contributed by atoms with E-state index in [1.165, 1.54) is 5.56 Å². The van der Waals surface area contributed by atoms with Gasteiger partial charge in [0.05, 0.1) is 13.2 Å². The molecule has 0 bridgehead atoms. The zero-order chi connectivity index (χ0) is 18.8. The molecule has 1 aromatic rings. The van der Waals surface area contributed by atoms with E-state index in [-0.39, 0.29) is 18.6 Å². The molecular formula is C19H30N4O3. The van der Waals surface area contributed by atoms with Crippen LogP contribution in [0.25, 0.3) is 0 Å². The van der Waals surface area contributed by atoms with Crippen LogP contribution in [0.4, 0.5) is 0 Å². The number of nitrogens with one attached hydrogen (secondary N) is 2. The molecule has 1 fully saturated rings. The summed E-state index contributed by atoms with van der Waals surface area (Å²) in [6, 6.07) is 8.00. The maximum absolute atomic E-state index is 11.8. The van der Waals surface area contributed by atoms with Gasteiger partial charge in [0.1, 0.15) is 12.3 Å². The zero-order valence-electron chi connectivity index (χ0n) is 16.0. The summed E-state index contributed by atoms with van der Waals surface area (Å²) < 4.78 is 10.8. The van der Waals surface area contributed by atoms with Crippen molar-refractivity contribution in [1.82, 2.24) is 15.5 Å². The molecule has 26 heavy (non-hydrogen) atoms. The van der Waals surface area contributed by atoms with Crippen molar-refractivity contribution in [2.45, 2.75) is 25.4 Å². The number of benzene rings is 1. The van der Waals surface area contributed by atoms with Crippen LogP contribution in [-0.4, -0.2) is 70.3 Å². The van der Waals surface area contributed by atoms with Crippen LogP contribution >= 0.6 is 0 Å². The van der Waals surface area contributed by atoms with E-state index in [0.29, 0.717) is 12.5 Å². The van der Waals surface area contributed by atoms with E-state index >= 15 is 0 Å². The minimum Gasteiger partial charge on any atom is -0.497 e. The average molecular weight is 362 g/mol. The third-order valence-corrected chi connectivity index (χ3v) is 4.26. The Morgan fingerprint density at radius 2 is 2.08 bits per heavy atom. The highest BCUT2D eigenvalue weighted by atomic mass is 16.5. The highest BCUT2D eigenvalue weighted by Crippen LogP contribution is 2.11. The van der Waals surface area contributed by atoms with Crippen LogP contribution in [0, 0.1) is 0 Å². The van der Waals surface area contributed by atoms with Gasteiger partial charge in [-0.25, -0.2) is 4.99 Å². The first-order chi connectivity index (χ1) is 12.6. The number of guanidine groups is 1. The Morgan fingerprint density at radius 1 is 1.31 bits per heavy atom. The highest BCUT2D eigenvalue weighted by Gasteiger charge is 2.15. The molecule has 2 rings (SSSR count). The molecule has 2 N–H and O–H groups in total. The van der Waals surface area contributed by atoms with Crippen molar-refractivity contribution >= 4 is 11.9 Å². The largest absolute Gasteiger partial charge is 0.497 e. The summed E-state index contributed by atoms with van der Waals surface area (Å²) in [6.07, 6.45) is 3.23. The molecule has 1 aliphatic rings. The number of aliphatic imine (C=N–C) groups is 1. The maximum Gasteiger partial charge on any atom is 0.243 e. The lowest BCUT2D eigenvalue weighted by Gasteiger charge is -2.16. The number of rotatable bonds is 8. The van der Waals surface area contributed by atoms with Gasteiger partial charge in [-0.05, 0) is 37.0 Å². The molecule has 7 heteroatoms. The Kier molecular flexibility index (Phi) is 8.21. The van der Waals surface area contributed by atoms with Gasteiger partial charge >= 0.3 is 0 Å². The minimum atomic E-state index is -0.0293. The molecule has 1 unspecified atom stereocenters. The molecule has 1 aromatic carbocycles. The molecular weight excluding hydrogens is 332 g/mol. The maximum atomic E-state index is 11.8. The van der Waals surface area contributed by atoms with Gasteiger partial charge in [-0.1, -0.05) is 12.1 Å². The lowest BCUT2D eigenvalue weighted by atomic mass is 10.1. The monoisotopic (exact) mass is 362 g/mol. The number of likely N-dealkylation sites (N-methyl/N-ethyl adjacent to an activating group) is 1. The summed E-state index contributed by atoms with van der Waals surface area (Å²) in [5.74, 6) is 1.46. The second kappa shape index (κ2) is 10.7. The number of ether oxygens (including phenoxy) is 2. The number of carbonyl (C=O) groups excluding carboxylic acids is 1. The first-order valence-corrected chi connectivity index (χ1v) is 9.05. The lowest BCUT2D eigenvalue weighted by Crippen LogP contribution is -2.42. The third-order valence-electron chi connectivity index (χ3n) is 4.26. The van der Waals surface area contributed by atoms with Crippen molar-refractivity contribution in [3.63, 3.8) is 0 Å². The zero-order valence-corrected chi connectivity index (χ0v) is 16.0. The summed E-state index contributed by atoms with van der Waals surface area (Å²) in [5.41, 5.74) is 1.21. The lowest BCUT2D eigenvalue weighted by molar-refractivity contribution is -0.127. The first kappa shape index (κ1) is 20.0. The van der Waals surface area contributed by atoms with E-state index in [4.69, 9.17) is 9.47 Å². The van der Waals surface area contributed by atoms with Crippen LogP contribution in [-0.2, 0) is 16.0 Å². The van der Waals surface area contributed by atoms with Crippen molar-refractivity contribution < 1.29 is 14.3 Å². The van der Waals surface area contributed by atoms with Crippen LogP contribution < -0.4 is 15.4 Å². The summed E-state index contributed by atoms with van der Waals surface area (Å²) in [4.78, 5) is 17.7. The van der Waals surface area contributed by atoms with Gasteiger partial charge in [-0.2, -0.15) is 0 Å². The molecule has 1 heterocycles. The van der Waals surface area contributed by atoms with Crippen LogP contribution in [0.15, 0.2) is 29.3 Å². The fourth-order valence-electron chi connectivity index (χ4n) is 2.60. The second-order valence-corrected chi connectivity index (χ2v) is 6.49. The Labute approximate surface area is 155 Å². The standard InChI is InChI=1S/C19H30N4O3/c1-23(2)18(24)14-22-19(21-13-17-5-4-12-26-17)20-11-10-15-6-8-16(25-3)9-7-15/h6-9,17H,4-5,10-14H2,1-3H3,(H2,20,21,22). The molecule has 0 saturated carbocycles. The number of amides is 1.